The lowest BCUT2D eigenvalue weighted by Gasteiger charge is -2.34. The van der Waals surface area contributed by atoms with Gasteiger partial charge in [-0.3, -0.25) is 19.9 Å². The Morgan fingerprint density at radius 3 is 2.56 bits per heavy atom. The molecule has 7 heteroatoms. The summed E-state index contributed by atoms with van der Waals surface area (Å²) in [6.07, 6.45) is 6.52. The van der Waals surface area contributed by atoms with Crippen LogP contribution < -0.4 is 10.6 Å². The van der Waals surface area contributed by atoms with Gasteiger partial charge >= 0.3 is 0 Å². The van der Waals surface area contributed by atoms with E-state index >= 15 is 0 Å². The highest BCUT2D eigenvalue weighted by molar-refractivity contribution is 5.96. The predicted octanol–water partition coefficient (Wildman–Crippen LogP) is 2.52. The highest BCUT2D eigenvalue weighted by atomic mass is 16.2. The van der Waals surface area contributed by atoms with Gasteiger partial charge in [-0.1, -0.05) is 12.1 Å². The number of carbonyl (C=O) groups excluding carboxylic acids is 2. The summed E-state index contributed by atoms with van der Waals surface area (Å²) in [5, 5.41) is 6.29. The molecule has 168 valence electrons. The lowest BCUT2D eigenvalue weighted by atomic mass is 9.89. The molecule has 3 aliphatic heterocycles. The average molecular weight is 434 g/mol. The molecular formula is C25H31N5O2. The molecule has 32 heavy (non-hydrogen) atoms. The summed E-state index contributed by atoms with van der Waals surface area (Å²) < 4.78 is 0. The molecule has 2 aromatic rings. The zero-order chi connectivity index (χ0) is 22.1. The van der Waals surface area contributed by atoms with Crippen molar-refractivity contribution < 1.29 is 9.59 Å². The number of pyridine rings is 1. The van der Waals surface area contributed by atoms with Crippen molar-refractivity contribution in [1.82, 2.24) is 20.1 Å². The number of carbonyl (C=O) groups is 2. The van der Waals surface area contributed by atoms with Crippen molar-refractivity contribution >= 4 is 17.5 Å². The topological polar surface area (TPSA) is 77.6 Å². The Balaban J connectivity index is 1.15. The number of rotatable bonds is 4. The van der Waals surface area contributed by atoms with E-state index in [-0.39, 0.29) is 17.9 Å². The van der Waals surface area contributed by atoms with Crippen LogP contribution in [0.3, 0.4) is 0 Å². The smallest absolute Gasteiger partial charge is 0.246 e. The van der Waals surface area contributed by atoms with Crippen LogP contribution in [0.2, 0.25) is 0 Å². The molecule has 2 fully saturated rings. The molecule has 2 unspecified atom stereocenters. The van der Waals surface area contributed by atoms with Crippen molar-refractivity contribution in [3.8, 4) is 0 Å². The number of benzene rings is 1. The molecule has 0 saturated carbocycles. The molecule has 4 heterocycles. The van der Waals surface area contributed by atoms with E-state index in [1.54, 1.807) is 6.20 Å². The molecule has 1 aromatic heterocycles. The van der Waals surface area contributed by atoms with Crippen LogP contribution in [0.25, 0.3) is 0 Å². The SMILES string of the molecule is CN1CCC(C(=O)N2CCC(c3ccc(NC(=O)C4NCc5cnccc54)cc3)CC2)C1. The number of piperidine rings is 1. The van der Waals surface area contributed by atoms with Gasteiger partial charge < -0.3 is 15.1 Å². The van der Waals surface area contributed by atoms with Gasteiger partial charge in [-0.2, -0.15) is 0 Å². The summed E-state index contributed by atoms with van der Waals surface area (Å²) in [7, 11) is 2.09. The molecule has 0 radical (unpaired) electrons. The summed E-state index contributed by atoms with van der Waals surface area (Å²) in [6.45, 7) is 4.26. The maximum atomic E-state index is 12.8. The van der Waals surface area contributed by atoms with Crippen molar-refractivity contribution in [1.29, 1.82) is 0 Å². The number of hydrogen-bond acceptors (Lipinski definition) is 5. The summed E-state index contributed by atoms with van der Waals surface area (Å²) in [5.41, 5.74) is 4.17. The van der Waals surface area contributed by atoms with Crippen molar-refractivity contribution in [2.24, 2.45) is 5.92 Å². The fraction of sp³-hybridized carbons (Fsp3) is 0.480. The van der Waals surface area contributed by atoms with E-state index < -0.39 is 0 Å². The van der Waals surface area contributed by atoms with E-state index in [4.69, 9.17) is 0 Å². The number of nitrogens with one attached hydrogen (secondary N) is 2. The molecule has 0 spiro atoms. The second-order valence-electron chi connectivity index (χ2n) is 9.35. The largest absolute Gasteiger partial charge is 0.342 e. The minimum Gasteiger partial charge on any atom is -0.342 e. The number of aromatic nitrogens is 1. The van der Waals surface area contributed by atoms with Crippen LogP contribution in [0.4, 0.5) is 5.69 Å². The minimum absolute atomic E-state index is 0.0490. The second-order valence-corrected chi connectivity index (χ2v) is 9.35. The molecule has 2 atom stereocenters. The highest BCUT2D eigenvalue weighted by Crippen LogP contribution is 2.31. The third-order valence-electron chi connectivity index (χ3n) is 7.21. The fourth-order valence-electron chi connectivity index (χ4n) is 5.30. The lowest BCUT2D eigenvalue weighted by molar-refractivity contribution is -0.136. The van der Waals surface area contributed by atoms with Crippen molar-refractivity contribution in [3.63, 3.8) is 0 Å². The van der Waals surface area contributed by atoms with Crippen LogP contribution in [0.15, 0.2) is 42.7 Å². The number of hydrogen-bond donors (Lipinski definition) is 2. The van der Waals surface area contributed by atoms with Gasteiger partial charge in [-0.25, -0.2) is 0 Å². The Kier molecular flexibility index (Phi) is 5.93. The van der Waals surface area contributed by atoms with Crippen LogP contribution in [-0.4, -0.2) is 59.8 Å². The maximum Gasteiger partial charge on any atom is 0.246 e. The summed E-state index contributed by atoms with van der Waals surface area (Å²) in [5.74, 6) is 0.929. The Morgan fingerprint density at radius 2 is 1.84 bits per heavy atom. The minimum atomic E-state index is -0.339. The molecular weight excluding hydrogens is 402 g/mol. The second kappa shape index (κ2) is 9.00. The monoisotopic (exact) mass is 433 g/mol. The number of nitrogens with zero attached hydrogens (tertiary/aromatic N) is 3. The quantitative estimate of drug-likeness (QED) is 0.775. The van der Waals surface area contributed by atoms with Gasteiger partial charge in [0.25, 0.3) is 0 Å². The molecule has 0 bridgehead atoms. The highest BCUT2D eigenvalue weighted by Gasteiger charge is 2.32. The number of fused-ring (bicyclic) bond motifs is 1. The molecule has 7 nitrogen and oxygen atoms in total. The van der Waals surface area contributed by atoms with E-state index in [0.717, 1.165) is 62.3 Å². The molecule has 0 aliphatic carbocycles. The summed E-state index contributed by atoms with van der Waals surface area (Å²) in [6, 6.07) is 9.77. The van der Waals surface area contributed by atoms with Crippen molar-refractivity contribution in [2.75, 3.05) is 38.5 Å². The van der Waals surface area contributed by atoms with Gasteiger partial charge in [0.2, 0.25) is 11.8 Å². The van der Waals surface area contributed by atoms with Crippen LogP contribution >= 0.6 is 0 Å². The maximum absolute atomic E-state index is 12.8. The normalized spacial score (nSPS) is 23.8. The summed E-state index contributed by atoms with van der Waals surface area (Å²) in [4.78, 5) is 34.0. The van der Waals surface area contributed by atoms with E-state index in [1.807, 2.05) is 24.4 Å². The fourth-order valence-corrected chi connectivity index (χ4v) is 5.30. The first-order valence-corrected chi connectivity index (χ1v) is 11.6. The third-order valence-corrected chi connectivity index (χ3v) is 7.21. The molecule has 2 N–H and O–H groups in total. The van der Waals surface area contributed by atoms with Crippen molar-refractivity contribution in [2.45, 2.75) is 37.8 Å². The van der Waals surface area contributed by atoms with Gasteiger partial charge in [0.1, 0.15) is 6.04 Å². The van der Waals surface area contributed by atoms with Crippen LogP contribution in [0.5, 0.6) is 0 Å². The van der Waals surface area contributed by atoms with E-state index in [9.17, 15) is 9.59 Å². The number of amides is 2. The first-order valence-electron chi connectivity index (χ1n) is 11.6. The Morgan fingerprint density at radius 1 is 1.06 bits per heavy atom. The average Bonchev–Trinajstić information content (AvgIpc) is 3.46. The Hall–Kier alpha value is -2.77. The Labute approximate surface area is 189 Å². The van der Waals surface area contributed by atoms with Gasteiger partial charge in [0.15, 0.2) is 0 Å². The lowest BCUT2D eigenvalue weighted by Crippen LogP contribution is -2.42. The van der Waals surface area contributed by atoms with E-state index in [0.29, 0.717) is 18.4 Å². The van der Waals surface area contributed by atoms with Gasteiger partial charge in [-0.15, -0.1) is 0 Å². The molecule has 2 amide bonds. The van der Waals surface area contributed by atoms with Crippen LogP contribution in [0.1, 0.15) is 47.9 Å². The first-order chi connectivity index (χ1) is 15.6. The van der Waals surface area contributed by atoms with E-state index in [1.165, 1.54) is 5.56 Å². The summed E-state index contributed by atoms with van der Waals surface area (Å²) >= 11 is 0. The predicted molar refractivity (Wildman–Crippen MR) is 123 cm³/mol. The molecule has 2 saturated heterocycles. The van der Waals surface area contributed by atoms with Crippen LogP contribution in [0, 0.1) is 5.92 Å². The van der Waals surface area contributed by atoms with Gasteiger partial charge in [0, 0.05) is 44.3 Å². The Bertz CT molecular complexity index is 984. The first kappa shape index (κ1) is 21.1. The van der Waals surface area contributed by atoms with Crippen LogP contribution in [-0.2, 0) is 16.1 Å². The standard InChI is InChI=1S/C25H31N5O2/c1-29-11-7-19(16-29)25(32)30-12-8-18(9-13-30)17-2-4-21(5-3-17)28-24(31)23-22-6-10-26-14-20(22)15-27-23/h2-6,10,14,18-19,23,27H,7-9,11-13,15-16H2,1H3,(H,28,31). The molecule has 1 aromatic carbocycles. The van der Waals surface area contributed by atoms with Gasteiger partial charge in [0.05, 0.1) is 5.92 Å². The van der Waals surface area contributed by atoms with Crippen molar-refractivity contribution in [3.05, 3.63) is 59.4 Å². The number of anilines is 1. The number of likely N-dealkylation sites (tertiary alicyclic amines) is 2. The van der Waals surface area contributed by atoms with E-state index in [2.05, 4.69) is 44.6 Å². The molecule has 3 aliphatic rings. The molecule has 5 rings (SSSR count). The third kappa shape index (κ3) is 4.27. The zero-order valence-corrected chi connectivity index (χ0v) is 18.6. The zero-order valence-electron chi connectivity index (χ0n) is 18.6. The van der Waals surface area contributed by atoms with Gasteiger partial charge in [-0.05, 0) is 73.7 Å².